The number of nitrogens with zero attached hydrogens (tertiary/aromatic N) is 4. The standard InChI is InChI=1S/C10H14N4O3S/c15-9(16)6-13-2-1-3-14(5-4-13)10(17)8-7-18-12-11-8/h7H,1-6H2,(H,15,16). The van der Waals surface area contributed by atoms with Gasteiger partial charge in [0.2, 0.25) is 0 Å². The van der Waals surface area contributed by atoms with Crippen LogP contribution in [-0.2, 0) is 4.79 Å². The minimum Gasteiger partial charge on any atom is -0.480 e. The zero-order valence-electron chi connectivity index (χ0n) is 9.78. The maximum absolute atomic E-state index is 12.0. The summed E-state index contributed by atoms with van der Waals surface area (Å²) >= 11 is 1.15. The summed E-state index contributed by atoms with van der Waals surface area (Å²) in [7, 11) is 0. The number of hydrogen-bond acceptors (Lipinski definition) is 6. The van der Waals surface area contributed by atoms with Crippen LogP contribution in [0.4, 0.5) is 0 Å². The molecule has 1 N–H and O–H groups in total. The summed E-state index contributed by atoms with van der Waals surface area (Å²) in [4.78, 5) is 26.2. The number of aliphatic carboxylic acids is 1. The topological polar surface area (TPSA) is 86.6 Å². The van der Waals surface area contributed by atoms with Gasteiger partial charge in [-0.2, -0.15) is 0 Å². The monoisotopic (exact) mass is 270 g/mol. The van der Waals surface area contributed by atoms with Crippen LogP contribution >= 0.6 is 11.5 Å². The van der Waals surface area contributed by atoms with Crippen molar-refractivity contribution in [3.8, 4) is 0 Å². The Kier molecular flexibility index (Phi) is 4.21. The first-order valence-electron chi connectivity index (χ1n) is 5.67. The summed E-state index contributed by atoms with van der Waals surface area (Å²) in [5, 5.41) is 14.1. The van der Waals surface area contributed by atoms with Gasteiger partial charge in [0.15, 0.2) is 5.69 Å². The number of rotatable bonds is 3. The average molecular weight is 270 g/mol. The third kappa shape index (κ3) is 3.23. The Morgan fingerprint density at radius 2 is 2.17 bits per heavy atom. The van der Waals surface area contributed by atoms with Crippen LogP contribution in [0.5, 0.6) is 0 Å². The van der Waals surface area contributed by atoms with Crippen molar-refractivity contribution in [2.24, 2.45) is 0 Å². The van der Waals surface area contributed by atoms with Crippen molar-refractivity contribution in [2.45, 2.75) is 6.42 Å². The molecular formula is C10H14N4O3S. The molecule has 1 saturated heterocycles. The van der Waals surface area contributed by atoms with Crippen LogP contribution in [0.2, 0.25) is 0 Å². The molecule has 0 radical (unpaired) electrons. The molecule has 1 amide bonds. The molecule has 2 rings (SSSR count). The molecule has 0 saturated carbocycles. The molecule has 18 heavy (non-hydrogen) atoms. The summed E-state index contributed by atoms with van der Waals surface area (Å²) in [6, 6.07) is 0. The van der Waals surface area contributed by atoms with Crippen LogP contribution in [0.25, 0.3) is 0 Å². The van der Waals surface area contributed by atoms with E-state index in [0.717, 1.165) is 18.0 Å². The Hall–Kier alpha value is -1.54. The summed E-state index contributed by atoms with van der Waals surface area (Å²) in [6.45, 7) is 2.47. The number of aromatic nitrogens is 2. The van der Waals surface area contributed by atoms with Gasteiger partial charge in [0.05, 0.1) is 6.54 Å². The zero-order chi connectivity index (χ0) is 13.0. The normalized spacial score (nSPS) is 17.4. The van der Waals surface area contributed by atoms with Crippen LogP contribution in [0.1, 0.15) is 16.9 Å². The Morgan fingerprint density at radius 3 is 2.83 bits per heavy atom. The van der Waals surface area contributed by atoms with Gasteiger partial charge in [-0.3, -0.25) is 14.5 Å². The zero-order valence-corrected chi connectivity index (χ0v) is 10.6. The van der Waals surface area contributed by atoms with E-state index in [4.69, 9.17) is 5.11 Å². The van der Waals surface area contributed by atoms with Crippen LogP contribution in [0.15, 0.2) is 5.38 Å². The fraction of sp³-hybridized carbons (Fsp3) is 0.600. The molecule has 2 heterocycles. The smallest absolute Gasteiger partial charge is 0.317 e. The average Bonchev–Trinajstić information content (AvgIpc) is 2.76. The molecule has 0 unspecified atom stereocenters. The van der Waals surface area contributed by atoms with Crippen molar-refractivity contribution in [1.29, 1.82) is 0 Å². The minimum absolute atomic E-state index is 0.0281. The Labute approximate surface area is 108 Å². The third-order valence-electron chi connectivity index (χ3n) is 2.81. The highest BCUT2D eigenvalue weighted by atomic mass is 32.1. The van der Waals surface area contributed by atoms with E-state index in [9.17, 15) is 9.59 Å². The van der Waals surface area contributed by atoms with Crippen molar-refractivity contribution < 1.29 is 14.7 Å². The Bertz CT molecular complexity index is 423. The molecule has 98 valence electrons. The van der Waals surface area contributed by atoms with E-state index in [0.29, 0.717) is 31.9 Å². The maximum Gasteiger partial charge on any atom is 0.317 e. The highest BCUT2D eigenvalue weighted by Gasteiger charge is 2.22. The first-order chi connectivity index (χ1) is 8.66. The van der Waals surface area contributed by atoms with Gasteiger partial charge in [-0.25, -0.2) is 0 Å². The van der Waals surface area contributed by atoms with Gasteiger partial charge in [-0.15, -0.1) is 5.10 Å². The van der Waals surface area contributed by atoms with Crippen molar-refractivity contribution >= 4 is 23.4 Å². The van der Waals surface area contributed by atoms with E-state index < -0.39 is 5.97 Å². The lowest BCUT2D eigenvalue weighted by Crippen LogP contribution is -2.36. The number of amides is 1. The van der Waals surface area contributed by atoms with E-state index in [1.165, 1.54) is 0 Å². The molecule has 0 aromatic carbocycles. The fourth-order valence-electron chi connectivity index (χ4n) is 1.94. The summed E-state index contributed by atoms with van der Waals surface area (Å²) in [5.41, 5.74) is 0.367. The van der Waals surface area contributed by atoms with Crippen molar-refractivity contribution in [1.82, 2.24) is 19.4 Å². The quantitative estimate of drug-likeness (QED) is 0.816. The summed E-state index contributed by atoms with van der Waals surface area (Å²) < 4.78 is 3.67. The fourth-order valence-corrected chi connectivity index (χ4v) is 2.37. The molecule has 1 fully saturated rings. The molecular weight excluding hydrogens is 256 g/mol. The van der Waals surface area contributed by atoms with Crippen molar-refractivity contribution in [2.75, 3.05) is 32.7 Å². The number of carbonyl (C=O) groups is 2. The highest BCUT2D eigenvalue weighted by molar-refractivity contribution is 7.03. The van der Waals surface area contributed by atoms with Gasteiger partial charge >= 0.3 is 5.97 Å². The SMILES string of the molecule is O=C(O)CN1CCCN(C(=O)c2csnn2)CC1. The molecule has 1 aliphatic rings. The third-order valence-corrected chi connectivity index (χ3v) is 3.32. The Balaban J connectivity index is 1.93. The Morgan fingerprint density at radius 1 is 1.33 bits per heavy atom. The molecule has 0 spiro atoms. The predicted octanol–water partition coefficient (Wildman–Crippen LogP) is -0.229. The molecule has 1 aliphatic heterocycles. The molecule has 8 heteroatoms. The van der Waals surface area contributed by atoms with E-state index in [2.05, 4.69) is 9.59 Å². The molecule has 0 aliphatic carbocycles. The lowest BCUT2D eigenvalue weighted by atomic mass is 10.3. The number of hydrogen-bond donors (Lipinski definition) is 1. The van der Waals surface area contributed by atoms with E-state index in [1.807, 2.05) is 4.90 Å². The van der Waals surface area contributed by atoms with Gasteiger partial charge in [-0.1, -0.05) is 4.49 Å². The molecule has 1 aromatic heterocycles. The highest BCUT2D eigenvalue weighted by Crippen LogP contribution is 2.08. The number of carboxylic acid groups (broad SMARTS) is 1. The van der Waals surface area contributed by atoms with Gasteiger partial charge in [-0.05, 0) is 18.0 Å². The molecule has 0 bridgehead atoms. The molecule has 7 nitrogen and oxygen atoms in total. The second-order valence-electron chi connectivity index (χ2n) is 4.11. The summed E-state index contributed by atoms with van der Waals surface area (Å²) in [5.74, 6) is -0.959. The second kappa shape index (κ2) is 5.87. The minimum atomic E-state index is -0.835. The van der Waals surface area contributed by atoms with Gasteiger partial charge < -0.3 is 10.0 Å². The van der Waals surface area contributed by atoms with Gasteiger partial charge in [0.1, 0.15) is 0 Å². The van der Waals surface area contributed by atoms with Crippen LogP contribution in [0.3, 0.4) is 0 Å². The first-order valence-corrected chi connectivity index (χ1v) is 6.51. The van der Waals surface area contributed by atoms with Crippen LogP contribution in [0, 0.1) is 0 Å². The molecule has 1 aromatic rings. The maximum atomic E-state index is 12.0. The van der Waals surface area contributed by atoms with Crippen LogP contribution < -0.4 is 0 Å². The van der Waals surface area contributed by atoms with E-state index >= 15 is 0 Å². The number of carboxylic acids is 1. The van der Waals surface area contributed by atoms with E-state index in [1.54, 1.807) is 10.3 Å². The summed E-state index contributed by atoms with van der Waals surface area (Å²) in [6.07, 6.45) is 0.774. The van der Waals surface area contributed by atoms with Crippen molar-refractivity contribution in [3.05, 3.63) is 11.1 Å². The lowest BCUT2D eigenvalue weighted by Gasteiger charge is -2.19. The van der Waals surface area contributed by atoms with Gasteiger partial charge in [0, 0.05) is 31.6 Å². The number of carbonyl (C=O) groups excluding carboxylic acids is 1. The second-order valence-corrected chi connectivity index (χ2v) is 4.72. The largest absolute Gasteiger partial charge is 0.480 e. The first kappa shape index (κ1) is 12.9. The predicted molar refractivity (Wildman–Crippen MR) is 64.5 cm³/mol. The van der Waals surface area contributed by atoms with Crippen molar-refractivity contribution in [3.63, 3.8) is 0 Å². The molecule has 0 atom stereocenters. The lowest BCUT2D eigenvalue weighted by molar-refractivity contribution is -0.138. The van der Waals surface area contributed by atoms with Gasteiger partial charge in [0.25, 0.3) is 5.91 Å². The van der Waals surface area contributed by atoms with E-state index in [-0.39, 0.29) is 12.5 Å². The van der Waals surface area contributed by atoms with Crippen LogP contribution in [-0.4, -0.2) is 69.1 Å².